The van der Waals surface area contributed by atoms with Gasteiger partial charge in [-0.25, -0.2) is 0 Å². The van der Waals surface area contributed by atoms with Crippen molar-refractivity contribution in [2.45, 2.75) is 12.8 Å². The Morgan fingerprint density at radius 1 is 1.38 bits per heavy atom. The SMILES string of the molecule is BrC/C=C/COc1ccc2c(c1)CCCO2. The highest BCUT2D eigenvalue weighted by Crippen LogP contribution is 2.28. The summed E-state index contributed by atoms with van der Waals surface area (Å²) in [6, 6.07) is 6.04. The van der Waals surface area contributed by atoms with Crippen molar-refractivity contribution in [1.29, 1.82) is 0 Å². The van der Waals surface area contributed by atoms with E-state index in [1.165, 1.54) is 5.56 Å². The second-order valence-electron chi connectivity index (χ2n) is 3.66. The number of hydrogen-bond acceptors (Lipinski definition) is 2. The summed E-state index contributed by atoms with van der Waals surface area (Å²) in [7, 11) is 0. The van der Waals surface area contributed by atoms with Crippen LogP contribution in [0, 0.1) is 0 Å². The third-order valence-corrected chi connectivity index (χ3v) is 2.86. The van der Waals surface area contributed by atoms with Gasteiger partial charge in [0.2, 0.25) is 0 Å². The van der Waals surface area contributed by atoms with Crippen molar-refractivity contribution in [1.82, 2.24) is 0 Å². The largest absolute Gasteiger partial charge is 0.493 e. The normalized spacial score (nSPS) is 14.6. The van der Waals surface area contributed by atoms with Crippen molar-refractivity contribution in [3.8, 4) is 11.5 Å². The lowest BCUT2D eigenvalue weighted by Crippen LogP contribution is -2.08. The standard InChI is InChI=1S/C13H15BrO2/c14-7-1-2-8-15-12-5-6-13-11(10-12)4-3-9-16-13/h1-2,5-6,10H,3-4,7-9H2/b2-1+. The van der Waals surface area contributed by atoms with E-state index in [2.05, 4.69) is 22.0 Å². The summed E-state index contributed by atoms with van der Waals surface area (Å²) in [6.07, 6.45) is 6.22. The second kappa shape index (κ2) is 5.94. The van der Waals surface area contributed by atoms with E-state index in [0.717, 1.165) is 36.3 Å². The molecule has 3 heteroatoms. The van der Waals surface area contributed by atoms with Crippen molar-refractivity contribution in [3.05, 3.63) is 35.9 Å². The van der Waals surface area contributed by atoms with Gasteiger partial charge in [-0.2, -0.15) is 0 Å². The van der Waals surface area contributed by atoms with Crippen LogP contribution in [-0.4, -0.2) is 18.5 Å². The molecule has 0 amide bonds. The Hall–Kier alpha value is -0.960. The Kier molecular flexibility index (Phi) is 4.28. The topological polar surface area (TPSA) is 18.5 Å². The Labute approximate surface area is 104 Å². The van der Waals surface area contributed by atoms with Crippen LogP contribution in [0.1, 0.15) is 12.0 Å². The number of hydrogen-bond donors (Lipinski definition) is 0. The predicted molar refractivity (Wildman–Crippen MR) is 68.7 cm³/mol. The van der Waals surface area contributed by atoms with Crippen LogP contribution in [0.5, 0.6) is 11.5 Å². The molecule has 1 heterocycles. The highest BCUT2D eigenvalue weighted by Gasteiger charge is 2.10. The van der Waals surface area contributed by atoms with Crippen LogP contribution in [0.3, 0.4) is 0 Å². The van der Waals surface area contributed by atoms with Crippen LogP contribution in [0.25, 0.3) is 0 Å². The van der Waals surface area contributed by atoms with E-state index in [-0.39, 0.29) is 0 Å². The van der Waals surface area contributed by atoms with Crippen molar-refractivity contribution < 1.29 is 9.47 Å². The number of rotatable bonds is 4. The lowest BCUT2D eigenvalue weighted by Gasteiger charge is -2.17. The van der Waals surface area contributed by atoms with Gasteiger partial charge in [0.15, 0.2) is 0 Å². The summed E-state index contributed by atoms with van der Waals surface area (Å²) in [5.74, 6) is 1.93. The summed E-state index contributed by atoms with van der Waals surface area (Å²) in [5, 5.41) is 0.869. The van der Waals surface area contributed by atoms with Crippen molar-refractivity contribution in [2.24, 2.45) is 0 Å². The third kappa shape index (κ3) is 3.01. The number of halogens is 1. The fraction of sp³-hybridized carbons (Fsp3) is 0.385. The fourth-order valence-corrected chi connectivity index (χ4v) is 1.97. The van der Waals surface area contributed by atoms with Crippen LogP contribution in [0.15, 0.2) is 30.4 Å². The fourth-order valence-electron chi connectivity index (χ4n) is 1.70. The van der Waals surface area contributed by atoms with Crippen LogP contribution in [-0.2, 0) is 6.42 Å². The van der Waals surface area contributed by atoms with Crippen LogP contribution in [0.2, 0.25) is 0 Å². The average molecular weight is 283 g/mol. The highest BCUT2D eigenvalue weighted by atomic mass is 79.9. The van der Waals surface area contributed by atoms with E-state index in [4.69, 9.17) is 9.47 Å². The molecule has 1 aliphatic rings. The molecule has 16 heavy (non-hydrogen) atoms. The Morgan fingerprint density at radius 2 is 2.31 bits per heavy atom. The maximum Gasteiger partial charge on any atom is 0.122 e. The van der Waals surface area contributed by atoms with Crippen LogP contribution in [0.4, 0.5) is 0 Å². The molecule has 0 aliphatic carbocycles. The molecule has 0 N–H and O–H groups in total. The molecule has 1 aromatic rings. The molecule has 0 atom stereocenters. The summed E-state index contributed by atoms with van der Waals surface area (Å²) in [4.78, 5) is 0. The van der Waals surface area contributed by atoms with E-state index in [9.17, 15) is 0 Å². The molecule has 0 unspecified atom stereocenters. The highest BCUT2D eigenvalue weighted by molar-refractivity contribution is 9.09. The zero-order valence-electron chi connectivity index (χ0n) is 9.12. The number of benzene rings is 1. The zero-order valence-corrected chi connectivity index (χ0v) is 10.7. The molecule has 0 spiro atoms. The van der Waals surface area contributed by atoms with Gasteiger partial charge in [0.05, 0.1) is 6.61 Å². The number of fused-ring (bicyclic) bond motifs is 1. The minimum atomic E-state index is 0.616. The molecule has 0 bridgehead atoms. The van der Waals surface area contributed by atoms with Gasteiger partial charge in [0.25, 0.3) is 0 Å². The van der Waals surface area contributed by atoms with E-state index >= 15 is 0 Å². The van der Waals surface area contributed by atoms with Gasteiger partial charge in [-0.3, -0.25) is 0 Å². The molecular formula is C13H15BrO2. The zero-order chi connectivity index (χ0) is 11.2. The first kappa shape index (κ1) is 11.5. The number of aryl methyl sites for hydroxylation is 1. The molecule has 0 aromatic heterocycles. The third-order valence-electron chi connectivity index (χ3n) is 2.48. The predicted octanol–water partition coefficient (Wildman–Crippen LogP) is 3.34. The van der Waals surface area contributed by atoms with Crippen molar-refractivity contribution >= 4 is 15.9 Å². The smallest absolute Gasteiger partial charge is 0.122 e. The Balaban J connectivity index is 1.97. The summed E-state index contributed by atoms with van der Waals surface area (Å²) >= 11 is 3.33. The van der Waals surface area contributed by atoms with E-state index in [1.54, 1.807) is 0 Å². The van der Waals surface area contributed by atoms with Crippen molar-refractivity contribution in [3.63, 3.8) is 0 Å². The molecule has 1 aromatic carbocycles. The monoisotopic (exact) mass is 282 g/mol. The van der Waals surface area contributed by atoms with E-state index < -0.39 is 0 Å². The molecule has 0 saturated heterocycles. The molecule has 2 nitrogen and oxygen atoms in total. The molecule has 1 aliphatic heterocycles. The maximum absolute atomic E-state index is 5.61. The van der Waals surface area contributed by atoms with Gasteiger partial charge >= 0.3 is 0 Å². The summed E-state index contributed by atoms with van der Waals surface area (Å²) in [6.45, 7) is 1.45. The molecule has 0 fully saturated rings. The Bertz CT molecular complexity index is 374. The summed E-state index contributed by atoms with van der Waals surface area (Å²) in [5.41, 5.74) is 1.26. The number of ether oxygens (including phenoxy) is 2. The first-order valence-electron chi connectivity index (χ1n) is 5.49. The summed E-state index contributed by atoms with van der Waals surface area (Å²) < 4.78 is 11.2. The molecule has 2 rings (SSSR count). The number of alkyl halides is 1. The second-order valence-corrected chi connectivity index (χ2v) is 4.31. The molecule has 0 radical (unpaired) electrons. The quantitative estimate of drug-likeness (QED) is 0.623. The first-order valence-corrected chi connectivity index (χ1v) is 6.62. The van der Waals surface area contributed by atoms with Gasteiger partial charge in [-0.1, -0.05) is 28.1 Å². The molecular weight excluding hydrogens is 268 g/mol. The maximum atomic E-state index is 5.61. The minimum absolute atomic E-state index is 0.616. The van der Waals surface area contributed by atoms with Gasteiger partial charge in [0, 0.05) is 5.33 Å². The lowest BCUT2D eigenvalue weighted by atomic mass is 10.1. The van der Waals surface area contributed by atoms with Gasteiger partial charge in [-0.05, 0) is 36.6 Å². The van der Waals surface area contributed by atoms with Crippen LogP contribution < -0.4 is 9.47 Å². The van der Waals surface area contributed by atoms with Gasteiger partial charge < -0.3 is 9.47 Å². The van der Waals surface area contributed by atoms with E-state index in [1.807, 2.05) is 24.3 Å². The molecule has 86 valence electrons. The first-order chi connectivity index (χ1) is 7.90. The van der Waals surface area contributed by atoms with Gasteiger partial charge in [0.1, 0.15) is 18.1 Å². The van der Waals surface area contributed by atoms with E-state index in [0.29, 0.717) is 6.61 Å². The number of allylic oxidation sites excluding steroid dienone is 1. The molecule has 0 saturated carbocycles. The van der Waals surface area contributed by atoms with Gasteiger partial charge in [-0.15, -0.1) is 0 Å². The Morgan fingerprint density at radius 3 is 3.19 bits per heavy atom. The van der Waals surface area contributed by atoms with Crippen molar-refractivity contribution in [2.75, 3.05) is 18.5 Å². The lowest BCUT2D eigenvalue weighted by molar-refractivity contribution is 0.286. The average Bonchev–Trinajstić information content (AvgIpc) is 2.34. The minimum Gasteiger partial charge on any atom is -0.493 e. The van der Waals surface area contributed by atoms with Crippen LogP contribution >= 0.6 is 15.9 Å².